The lowest BCUT2D eigenvalue weighted by Gasteiger charge is -2.33. The first kappa shape index (κ1) is 17.9. The molecule has 2 aromatic rings. The molecule has 1 amide bonds. The van der Waals surface area contributed by atoms with Gasteiger partial charge in [0.1, 0.15) is 0 Å². The molecule has 1 saturated heterocycles. The zero-order valence-electron chi connectivity index (χ0n) is 15.8. The second kappa shape index (κ2) is 8.01. The maximum Gasteiger partial charge on any atom is 0.260 e. The lowest BCUT2D eigenvalue weighted by Crippen LogP contribution is -2.42. The molecule has 4 rings (SSSR count). The van der Waals surface area contributed by atoms with Crippen molar-refractivity contribution < 1.29 is 14.3 Å². The summed E-state index contributed by atoms with van der Waals surface area (Å²) in [5.41, 5.74) is 2.89. The molecular weight excluding hydrogens is 340 g/mol. The van der Waals surface area contributed by atoms with Gasteiger partial charge in [-0.3, -0.25) is 9.69 Å². The minimum absolute atomic E-state index is 0.0424. The molecule has 2 heterocycles. The van der Waals surface area contributed by atoms with Gasteiger partial charge in [-0.15, -0.1) is 0 Å². The zero-order valence-corrected chi connectivity index (χ0v) is 15.8. The van der Waals surface area contributed by atoms with Crippen molar-refractivity contribution in [2.75, 3.05) is 33.4 Å². The van der Waals surface area contributed by atoms with Crippen LogP contribution in [0.5, 0.6) is 11.5 Å². The second-order valence-corrected chi connectivity index (χ2v) is 7.21. The molecule has 1 atom stereocenters. The van der Waals surface area contributed by atoms with Crippen LogP contribution in [0.25, 0.3) is 0 Å². The first-order chi connectivity index (χ1) is 13.2. The van der Waals surface area contributed by atoms with Crippen LogP contribution in [0.15, 0.2) is 48.5 Å². The normalized spacial score (nSPS) is 19.6. The van der Waals surface area contributed by atoms with Crippen LogP contribution < -0.4 is 9.47 Å². The van der Waals surface area contributed by atoms with E-state index in [4.69, 9.17) is 9.47 Å². The highest BCUT2D eigenvalue weighted by Gasteiger charge is 2.32. The van der Waals surface area contributed by atoms with Crippen LogP contribution in [0.2, 0.25) is 0 Å². The zero-order chi connectivity index (χ0) is 18.6. The molecule has 0 aliphatic carbocycles. The molecule has 2 aromatic carbocycles. The van der Waals surface area contributed by atoms with Crippen molar-refractivity contribution in [1.82, 2.24) is 9.80 Å². The van der Waals surface area contributed by atoms with E-state index < -0.39 is 0 Å². The monoisotopic (exact) mass is 366 g/mol. The van der Waals surface area contributed by atoms with Crippen LogP contribution in [-0.4, -0.2) is 55.1 Å². The van der Waals surface area contributed by atoms with Gasteiger partial charge in [-0.25, -0.2) is 0 Å². The van der Waals surface area contributed by atoms with Crippen LogP contribution in [-0.2, 0) is 17.8 Å². The van der Waals surface area contributed by atoms with E-state index >= 15 is 0 Å². The molecule has 5 nitrogen and oxygen atoms in total. The van der Waals surface area contributed by atoms with Crippen LogP contribution in [0.1, 0.15) is 17.5 Å². The van der Waals surface area contributed by atoms with Crippen LogP contribution >= 0.6 is 0 Å². The van der Waals surface area contributed by atoms with Gasteiger partial charge in [-0.1, -0.05) is 36.4 Å². The summed E-state index contributed by atoms with van der Waals surface area (Å²) in [5, 5.41) is 0. The average Bonchev–Trinajstić information content (AvgIpc) is 3.22. The Hall–Kier alpha value is -2.53. The Morgan fingerprint density at radius 3 is 2.59 bits per heavy atom. The molecule has 27 heavy (non-hydrogen) atoms. The molecule has 1 unspecified atom stereocenters. The van der Waals surface area contributed by atoms with E-state index in [9.17, 15) is 4.79 Å². The Bertz CT molecular complexity index is 808. The smallest absolute Gasteiger partial charge is 0.260 e. The van der Waals surface area contributed by atoms with Gasteiger partial charge in [0, 0.05) is 32.2 Å². The maximum atomic E-state index is 12.6. The molecule has 0 bridgehead atoms. The molecule has 0 N–H and O–H groups in total. The van der Waals surface area contributed by atoms with Gasteiger partial charge in [0.2, 0.25) is 0 Å². The van der Waals surface area contributed by atoms with Crippen molar-refractivity contribution in [3.63, 3.8) is 0 Å². The summed E-state index contributed by atoms with van der Waals surface area (Å²) in [4.78, 5) is 17.0. The highest BCUT2D eigenvalue weighted by atomic mass is 16.5. The van der Waals surface area contributed by atoms with E-state index in [1.165, 1.54) is 11.1 Å². The number of likely N-dealkylation sites (tertiary alicyclic amines) is 1. The van der Waals surface area contributed by atoms with E-state index in [-0.39, 0.29) is 12.5 Å². The fourth-order valence-electron chi connectivity index (χ4n) is 4.06. The molecule has 1 fully saturated rings. The second-order valence-electron chi connectivity index (χ2n) is 7.21. The number of ether oxygens (including phenoxy) is 2. The van der Waals surface area contributed by atoms with Crippen molar-refractivity contribution in [1.29, 1.82) is 0 Å². The molecule has 0 spiro atoms. The summed E-state index contributed by atoms with van der Waals surface area (Å²) in [7, 11) is 1.60. The van der Waals surface area contributed by atoms with Gasteiger partial charge in [0.25, 0.3) is 5.91 Å². The summed E-state index contributed by atoms with van der Waals surface area (Å²) >= 11 is 0. The summed E-state index contributed by atoms with van der Waals surface area (Å²) in [6.07, 6.45) is 2.13. The van der Waals surface area contributed by atoms with Crippen molar-refractivity contribution >= 4 is 5.91 Å². The predicted octanol–water partition coefficient (Wildman–Crippen LogP) is 2.73. The van der Waals surface area contributed by atoms with E-state index in [0.29, 0.717) is 17.5 Å². The molecular formula is C22H26N2O3. The Morgan fingerprint density at radius 2 is 1.78 bits per heavy atom. The third-order valence-corrected chi connectivity index (χ3v) is 5.61. The summed E-state index contributed by atoms with van der Waals surface area (Å²) in [5.74, 6) is 1.30. The summed E-state index contributed by atoms with van der Waals surface area (Å²) < 4.78 is 11.0. The number of hydrogen-bond acceptors (Lipinski definition) is 4. The molecule has 0 radical (unpaired) electrons. The number of rotatable bonds is 5. The Balaban J connectivity index is 1.31. The van der Waals surface area contributed by atoms with Gasteiger partial charge in [-0.2, -0.15) is 0 Å². The van der Waals surface area contributed by atoms with Gasteiger partial charge in [-0.05, 0) is 36.1 Å². The van der Waals surface area contributed by atoms with Crippen LogP contribution in [0.4, 0.5) is 0 Å². The summed E-state index contributed by atoms with van der Waals surface area (Å²) in [6, 6.07) is 16.5. The van der Waals surface area contributed by atoms with E-state index in [0.717, 1.165) is 39.0 Å². The number of hydrogen-bond donors (Lipinski definition) is 0. The molecule has 5 heteroatoms. The molecule has 0 saturated carbocycles. The van der Waals surface area contributed by atoms with Crippen LogP contribution in [0.3, 0.4) is 0 Å². The first-order valence-electron chi connectivity index (χ1n) is 9.59. The standard InChI is InChI=1S/C22H26N2O3/c1-26-20-8-4-5-9-21(20)27-16-22(25)24-13-11-19(15-24)23-12-10-17-6-2-3-7-18(17)14-23/h2-9,19H,10-16H2,1H3. The predicted molar refractivity (Wildman–Crippen MR) is 104 cm³/mol. The fourth-order valence-corrected chi connectivity index (χ4v) is 4.06. The van der Waals surface area contributed by atoms with Crippen LogP contribution in [0, 0.1) is 0 Å². The Morgan fingerprint density at radius 1 is 1.04 bits per heavy atom. The van der Waals surface area contributed by atoms with Gasteiger partial charge in [0.05, 0.1) is 7.11 Å². The number of para-hydroxylation sites is 2. The Labute approximate surface area is 160 Å². The topological polar surface area (TPSA) is 42.0 Å². The number of amides is 1. The van der Waals surface area contributed by atoms with Gasteiger partial charge >= 0.3 is 0 Å². The van der Waals surface area contributed by atoms with Crippen molar-refractivity contribution in [2.24, 2.45) is 0 Å². The van der Waals surface area contributed by atoms with E-state index in [1.807, 2.05) is 29.2 Å². The molecule has 2 aliphatic heterocycles. The van der Waals surface area contributed by atoms with E-state index in [2.05, 4.69) is 29.2 Å². The first-order valence-corrected chi connectivity index (χ1v) is 9.59. The van der Waals surface area contributed by atoms with Crippen molar-refractivity contribution in [3.05, 3.63) is 59.7 Å². The number of carbonyl (C=O) groups is 1. The minimum Gasteiger partial charge on any atom is -0.493 e. The van der Waals surface area contributed by atoms with Gasteiger partial charge in [0.15, 0.2) is 18.1 Å². The molecule has 142 valence electrons. The lowest BCUT2D eigenvalue weighted by molar-refractivity contribution is -0.132. The minimum atomic E-state index is 0.0424. The van der Waals surface area contributed by atoms with Gasteiger partial charge < -0.3 is 14.4 Å². The average molecular weight is 366 g/mol. The van der Waals surface area contributed by atoms with Crippen molar-refractivity contribution in [3.8, 4) is 11.5 Å². The number of carbonyl (C=O) groups excluding carboxylic acids is 1. The fraction of sp³-hybridized carbons (Fsp3) is 0.409. The largest absolute Gasteiger partial charge is 0.493 e. The third kappa shape index (κ3) is 3.93. The maximum absolute atomic E-state index is 12.6. The SMILES string of the molecule is COc1ccccc1OCC(=O)N1CCC(N2CCc3ccccc3C2)C1. The number of nitrogens with zero attached hydrogens (tertiary/aromatic N) is 2. The highest BCUT2D eigenvalue weighted by Crippen LogP contribution is 2.27. The van der Waals surface area contributed by atoms with Crippen molar-refractivity contribution in [2.45, 2.75) is 25.4 Å². The van der Waals surface area contributed by atoms with E-state index in [1.54, 1.807) is 7.11 Å². The number of methoxy groups -OCH3 is 1. The third-order valence-electron chi connectivity index (χ3n) is 5.61. The highest BCUT2D eigenvalue weighted by molar-refractivity contribution is 5.78. The Kier molecular flexibility index (Phi) is 5.30. The summed E-state index contributed by atoms with van der Waals surface area (Å²) in [6.45, 7) is 3.70. The number of benzene rings is 2. The lowest BCUT2D eigenvalue weighted by atomic mass is 9.98. The quantitative estimate of drug-likeness (QED) is 0.816. The molecule has 0 aromatic heterocycles. The molecule has 2 aliphatic rings. The number of fused-ring (bicyclic) bond motifs is 1.